The molecule has 0 bridgehead atoms. The number of hydrogen-bond acceptors (Lipinski definition) is 1. The van der Waals surface area contributed by atoms with E-state index in [1.165, 1.54) is 12.1 Å². The number of phenols is 1. The topological polar surface area (TPSA) is 36.0 Å². The highest BCUT2D eigenvalue weighted by molar-refractivity contribution is 5.85. The lowest BCUT2D eigenvalue weighted by Gasteiger charge is -2.01. The predicted molar refractivity (Wildman–Crippen MR) is 49.7 cm³/mol. The fraction of sp³-hybridized carbons (Fsp3) is 0.200. The van der Waals surface area contributed by atoms with E-state index in [4.69, 9.17) is 0 Å². The lowest BCUT2D eigenvalue weighted by molar-refractivity contribution is -0.140. The second-order valence-electron chi connectivity index (χ2n) is 3.41. The van der Waals surface area contributed by atoms with Crippen LogP contribution in [0.5, 0.6) is 5.75 Å². The molecule has 80 valence electrons. The quantitative estimate of drug-likeness (QED) is 0.695. The molecule has 0 atom stereocenters. The Hall–Kier alpha value is -1.65. The van der Waals surface area contributed by atoms with Crippen molar-refractivity contribution in [3.63, 3.8) is 0 Å². The average molecular weight is 215 g/mol. The van der Waals surface area contributed by atoms with E-state index in [0.29, 0.717) is 16.5 Å². The van der Waals surface area contributed by atoms with Crippen LogP contribution in [0, 0.1) is 6.92 Å². The van der Waals surface area contributed by atoms with Crippen LogP contribution in [0.15, 0.2) is 18.2 Å². The molecular formula is C10H8F3NO. The minimum atomic E-state index is -4.39. The van der Waals surface area contributed by atoms with Gasteiger partial charge < -0.3 is 10.1 Å². The third kappa shape index (κ3) is 1.65. The largest absolute Gasteiger partial charge is 0.508 e. The lowest BCUT2D eigenvalue weighted by Crippen LogP contribution is -2.04. The van der Waals surface area contributed by atoms with Crippen LogP contribution in [0.4, 0.5) is 13.2 Å². The Kier molecular flexibility index (Phi) is 1.92. The Morgan fingerprint density at radius 3 is 2.47 bits per heavy atom. The SMILES string of the molecule is Cc1cc(O)cc2cc(C(F)(F)F)[nH]c12. The van der Waals surface area contributed by atoms with Crippen molar-refractivity contribution in [1.82, 2.24) is 4.98 Å². The first kappa shape index (κ1) is 9.89. The molecule has 0 fully saturated rings. The van der Waals surface area contributed by atoms with Crippen molar-refractivity contribution in [2.45, 2.75) is 13.1 Å². The van der Waals surface area contributed by atoms with Crippen LogP contribution in [0.3, 0.4) is 0 Å². The van der Waals surface area contributed by atoms with Crippen molar-refractivity contribution >= 4 is 10.9 Å². The molecule has 0 saturated carbocycles. The maximum Gasteiger partial charge on any atom is 0.431 e. The Morgan fingerprint density at radius 1 is 1.20 bits per heavy atom. The minimum Gasteiger partial charge on any atom is -0.508 e. The predicted octanol–water partition coefficient (Wildman–Crippen LogP) is 3.20. The molecule has 0 radical (unpaired) electrons. The first-order valence-electron chi connectivity index (χ1n) is 4.27. The zero-order chi connectivity index (χ0) is 11.2. The van der Waals surface area contributed by atoms with Crippen LogP contribution in [0.1, 0.15) is 11.3 Å². The van der Waals surface area contributed by atoms with Gasteiger partial charge >= 0.3 is 6.18 Å². The number of rotatable bonds is 0. The van der Waals surface area contributed by atoms with E-state index >= 15 is 0 Å². The van der Waals surface area contributed by atoms with Gasteiger partial charge in [-0.15, -0.1) is 0 Å². The standard InChI is InChI=1S/C10H8F3NO/c1-5-2-7(15)3-6-4-8(10(11,12)13)14-9(5)6/h2-4,14-15H,1H3. The maximum atomic E-state index is 12.4. The van der Waals surface area contributed by atoms with Gasteiger partial charge in [-0.25, -0.2) is 0 Å². The molecule has 0 aliphatic carbocycles. The highest BCUT2D eigenvalue weighted by Crippen LogP contribution is 2.33. The molecule has 0 saturated heterocycles. The Labute approximate surface area is 83.3 Å². The van der Waals surface area contributed by atoms with E-state index in [1.54, 1.807) is 6.92 Å². The lowest BCUT2D eigenvalue weighted by atomic mass is 10.1. The first-order valence-corrected chi connectivity index (χ1v) is 4.27. The molecule has 15 heavy (non-hydrogen) atoms. The molecular weight excluding hydrogens is 207 g/mol. The summed E-state index contributed by atoms with van der Waals surface area (Å²) in [6.45, 7) is 1.64. The van der Waals surface area contributed by atoms with E-state index in [0.717, 1.165) is 6.07 Å². The fourth-order valence-electron chi connectivity index (χ4n) is 1.56. The van der Waals surface area contributed by atoms with Crippen molar-refractivity contribution in [3.8, 4) is 5.75 Å². The number of halogens is 3. The number of aromatic amines is 1. The molecule has 5 heteroatoms. The van der Waals surface area contributed by atoms with Gasteiger partial charge in [0.25, 0.3) is 0 Å². The summed E-state index contributed by atoms with van der Waals surface area (Å²) in [6.07, 6.45) is -4.39. The van der Waals surface area contributed by atoms with E-state index < -0.39 is 11.9 Å². The number of alkyl halides is 3. The number of hydrogen-bond donors (Lipinski definition) is 2. The number of benzene rings is 1. The van der Waals surface area contributed by atoms with E-state index in [1.807, 2.05) is 0 Å². The second-order valence-corrected chi connectivity index (χ2v) is 3.41. The third-order valence-electron chi connectivity index (χ3n) is 2.22. The van der Waals surface area contributed by atoms with Crippen molar-refractivity contribution in [2.24, 2.45) is 0 Å². The van der Waals surface area contributed by atoms with E-state index in [-0.39, 0.29) is 5.75 Å². The van der Waals surface area contributed by atoms with Crippen LogP contribution in [-0.2, 0) is 6.18 Å². The molecule has 2 aromatic rings. The van der Waals surface area contributed by atoms with Gasteiger partial charge in [0.15, 0.2) is 0 Å². The van der Waals surface area contributed by atoms with Gasteiger partial charge in [-0.3, -0.25) is 0 Å². The van der Waals surface area contributed by atoms with Gasteiger partial charge in [-0.1, -0.05) is 0 Å². The zero-order valence-corrected chi connectivity index (χ0v) is 7.81. The van der Waals surface area contributed by atoms with Crippen molar-refractivity contribution in [2.75, 3.05) is 0 Å². The van der Waals surface area contributed by atoms with Crippen molar-refractivity contribution < 1.29 is 18.3 Å². The summed E-state index contributed by atoms with van der Waals surface area (Å²) in [7, 11) is 0. The first-order chi connectivity index (χ1) is 6.88. The van der Waals surface area contributed by atoms with Crippen LogP contribution in [0.25, 0.3) is 10.9 Å². The van der Waals surface area contributed by atoms with Crippen LogP contribution in [-0.4, -0.2) is 10.1 Å². The number of phenolic OH excluding ortho intramolecular Hbond substituents is 1. The Bertz CT molecular complexity index is 513. The molecule has 1 heterocycles. The van der Waals surface area contributed by atoms with Crippen molar-refractivity contribution in [3.05, 3.63) is 29.5 Å². The number of aryl methyl sites for hydroxylation is 1. The highest BCUT2D eigenvalue weighted by atomic mass is 19.4. The van der Waals surface area contributed by atoms with Gasteiger partial charge in [-0.05, 0) is 30.7 Å². The van der Waals surface area contributed by atoms with Crippen molar-refractivity contribution in [1.29, 1.82) is 0 Å². The van der Waals surface area contributed by atoms with Gasteiger partial charge in [0.2, 0.25) is 0 Å². The number of H-pyrrole nitrogens is 1. The number of aromatic nitrogens is 1. The molecule has 0 aliphatic rings. The highest BCUT2D eigenvalue weighted by Gasteiger charge is 2.32. The summed E-state index contributed by atoms with van der Waals surface area (Å²) in [5.74, 6) is -0.0345. The monoisotopic (exact) mass is 215 g/mol. The van der Waals surface area contributed by atoms with E-state index in [9.17, 15) is 18.3 Å². The van der Waals surface area contributed by atoms with Crippen LogP contribution in [0.2, 0.25) is 0 Å². The van der Waals surface area contributed by atoms with Gasteiger partial charge in [0, 0.05) is 10.9 Å². The molecule has 2 rings (SSSR count). The van der Waals surface area contributed by atoms with Gasteiger partial charge in [0.1, 0.15) is 11.4 Å². The molecule has 0 unspecified atom stereocenters. The molecule has 0 amide bonds. The molecule has 0 spiro atoms. The molecule has 1 aromatic heterocycles. The Morgan fingerprint density at radius 2 is 1.87 bits per heavy atom. The summed E-state index contributed by atoms with van der Waals surface area (Å²) >= 11 is 0. The summed E-state index contributed by atoms with van der Waals surface area (Å²) in [4.78, 5) is 2.29. The minimum absolute atomic E-state index is 0.0345. The van der Waals surface area contributed by atoms with Gasteiger partial charge in [-0.2, -0.15) is 13.2 Å². The molecule has 0 aliphatic heterocycles. The molecule has 2 N–H and O–H groups in total. The number of fused-ring (bicyclic) bond motifs is 1. The molecule has 1 aromatic carbocycles. The Balaban J connectivity index is 2.71. The van der Waals surface area contributed by atoms with Crippen LogP contribution < -0.4 is 0 Å². The number of nitrogens with one attached hydrogen (secondary N) is 1. The zero-order valence-electron chi connectivity index (χ0n) is 7.81. The normalized spacial score (nSPS) is 12.3. The van der Waals surface area contributed by atoms with Gasteiger partial charge in [0.05, 0.1) is 0 Å². The summed E-state index contributed by atoms with van der Waals surface area (Å²) < 4.78 is 37.1. The smallest absolute Gasteiger partial charge is 0.431 e. The molecule has 2 nitrogen and oxygen atoms in total. The maximum absolute atomic E-state index is 12.4. The van der Waals surface area contributed by atoms with E-state index in [2.05, 4.69) is 4.98 Å². The summed E-state index contributed by atoms with van der Waals surface area (Å²) in [5.41, 5.74) is 0.187. The summed E-state index contributed by atoms with van der Waals surface area (Å²) in [5, 5.41) is 9.59. The third-order valence-corrected chi connectivity index (χ3v) is 2.22. The second kappa shape index (κ2) is 2.92. The van der Waals surface area contributed by atoms with Crippen LogP contribution >= 0.6 is 0 Å². The number of aromatic hydroxyl groups is 1. The average Bonchev–Trinajstić information content (AvgIpc) is 2.46. The fourth-order valence-corrected chi connectivity index (χ4v) is 1.56. The summed E-state index contributed by atoms with van der Waals surface area (Å²) in [6, 6.07) is 3.70.